The summed E-state index contributed by atoms with van der Waals surface area (Å²) in [7, 11) is 0. The highest BCUT2D eigenvalue weighted by Gasteiger charge is 2.32. The lowest BCUT2D eigenvalue weighted by Gasteiger charge is -2.27. The van der Waals surface area contributed by atoms with Crippen LogP contribution in [0.5, 0.6) is 0 Å². The lowest BCUT2D eigenvalue weighted by molar-refractivity contribution is -0.117. The molecule has 0 radical (unpaired) electrons. The maximum absolute atomic E-state index is 10.4. The number of hydrogen-bond acceptors (Lipinski definition) is 7. The number of aliphatic hydroxyl groups excluding tert-OH is 5. The third-order valence-electron chi connectivity index (χ3n) is 3.52. The van der Waals surface area contributed by atoms with Crippen LogP contribution >= 0.6 is 23.8 Å². The van der Waals surface area contributed by atoms with E-state index >= 15 is 0 Å². The second-order valence-electron chi connectivity index (χ2n) is 5.14. The van der Waals surface area contributed by atoms with Crippen LogP contribution in [0.15, 0.2) is 36.5 Å². The molecule has 0 aliphatic heterocycles. The third kappa shape index (κ3) is 3.98. The Bertz CT molecular complexity index is 739. The van der Waals surface area contributed by atoms with Gasteiger partial charge in [-0.3, -0.25) is 4.57 Å². The largest absolute Gasteiger partial charge is 0.394 e. The highest BCUT2D eigenvalue weighted by atomic mass is 35.5. The average Bonchev–Trinajstić information content (AvgIpc) is 2.59. The number of aromatic nitrogens is 2. The minimum atomic E-state index is -1.75. The van der Waals surface area contributed by atoms with Crippen LogP contribution in [0.3, 0.4) is 0 Å². The first kappa shape index (κ1) is 18.9. The highest BCUT2D eigenvalue weighted by molar-refractivity contribution is 7.71. The van der Waals surface area contributed by atoms with E-state index in [0.717, 1.165) is 0 Å². The molecule has 0 aliphatic rings. The zero-order valence-corrected chi connectivity index (χ0v) is 14.0. The molecule has 0 saturated heterocycles. The predicted molar refractivity (Wildman–Crippen MR) is 89.5 cm³/mol. The Morgan fingerprint density at radius 3 is 2.25 bits per heavy atom. The molecule has 0 spiro atoms. The number of nitrogens with zero attached hydrogens (tertiary/aromatic N) is 2. The first-order valence-electron chi connectivity index (χ1n) is 7.04. The van der Waals surface area contributed by atoms with Crippen molar-refractivity contribution in [1.29, 1.82) is 0 Å². The predicted octanol–water partition coefficient (Wildman–Crippen LogP) is 0.364. The van der Waals surface area contributed by atoms with Crippen molar-refractivity contribution in [3.05, 3.63) is 52.0 Å². The normalized spacial score (nSPS) is 16.4. The molecule has 0 amide bonds. The second kappa shape index (κ2) is 8.13. The monoisotopic (exact) mass is 372 g/mol. The molecule has 0 fully saturated rings. The quantitative estimate of drug-likeness (QED) is 0.464. The molecule has 24 heavy (non-hydrogen) atoms. The van der Waals surface area contributed by atoms with Crippen molar-refractivity contribution in [2.45, 2.75) is 24.4 Å². The summed E-state index contributed by atoms with van der Waals surface area (Å²) in [6.45, 7) is -0.759. The Morgan fingerprint density at radius 2 is 1.67 bits per heavy atom. The molecule has 7 nitrogen and oxygen atoms in total. The molecule has 2 aromatic rings. The van der Waals surface area contributed by atoms with Crippen LogP contribution in [0.4, 0.5) is 0 Å². The number of benzene rings is 1. The third-order valence-corrected chi connectivity index (χ3v) is 4.06. The van der Waals surface area contributed by atoms with Crippen LogP contribution in [-0.2, 0) is 0 Å². The van der Waals surface area contributed by atoms with Gasteiger partial charge in [0.1, 0.15) is 24.4 Å². The first-order valence-corrected chi connectivity index (χ1v) is 7.82. The number of hydrogen-bond donors (Lipinski definition) is 5. The maximum atomic E-state index is 10.4. The molecule has 5 N–H and O–H groups in total. The van der Waals surface area contributed by atoms with Gasteiger partial charge in [-0.2, -0.15) is 0 Å². The van der Waals surface area contributed by atoms with Gasteiger partial charge in [0.15, 0.2) is 0 Å². The fourth-order valence-electron chi connectivity index (χ4n) is 2.20. The summed E-state index contributed by atoms with van der Waals surface area (Å²) < 4.78 is 1.54. The molecule has 9 heteroatoms. The molecule has 4 atom stereocenters. The second-order valence-corrected chi connectivity index (χ2v) is 5.94. The van der Waals surface area contributed by atoms with Crippen LogP contribution in [0.1, 0.15) is 11.8 Å². The summed E-state index contributed by atoms with van der Waals surface area (Å²) in [5.41, 5.74) is 0.713. The van der Waals surface area contributed by atoms with E-state index in [2.05, 4.69) is 4.98 Å². The van der Waals surface area contributed by atoms with Crippen molar-refractivity contribution in [3.8, 4) is 5.69 Å². The van der Waals surface area contributed by atoms with Crippen molar-refractivity contribution < 1.29 is 25.5 Å². The molecule has 1 aromatic heterocycles. The molecule has 130 valence electrons. The van der Waals surface area contributed by atoms with Gasteiger partial charge in [0.2, 0.25) is 4.77 Å². The Balaban J connectivity index is 2.45. The fourth-order valence-corrected chi connectivity index (χ4v) is 2.60. The van der Waals surface area contributed by atoms with E-state index in [9.17, 15) is 20.4 Å². The van der Waals surface area contributed by atoms with E-state index in [-0.39, 0.29) is 10.5 Å². The van der Waals surface area contributed by atoms with Crippen molar-refractivity contribution in [2.75, 3.05) is 6.61 Å². The van der Waals surface area contributed by atoms with E-state index < -0.39 is 31.0 Å². The topological polar surface area (TPSA) is 119 Å². The molecular weight excluding hydrogens is 356 g/mol. The van der Waals surface area contributed by atoms with E-state index in [0.29, 0.717) is 10.7 Å². The first-order chi connectivity index (χ1) is 11.4. The number of halogens is 1. The summed E-state index contributed by atoms with van der Waals surface area (Å²) in [5.74, 6) is 0. The van der Waals surface area contributed by atoms with Crippen LogP contribution in [0.25, 0.3) is 5.69 Å². The summed E-state index contributed by atoms with van der Waals surface area (Å²) in [6, 6.07) is 7.99. The molecule has 1 unspecified atom stereocenters. The molecule has 1 aromatic carbocycles. The molecule has 0 saturated carbocycles. The number of aliphatic hydroxyl groups is 5. The average molecular weight is 373 g/mol. The van der Waals surface area contributed by atoms with E-state index in [1.807, 2.05) is 0 Å². The molecule has 1 heterocycles. The maximum Gasteiger partial charge on any atom is 0.204 e. The minimum Gasteiger partial charge on any atom is -0.394 e. The molecule has 0 bridgehead atoms. The Hall–Kier alpha value is -1.39. The van der Waals surface area contributed by atoms with Gasteiger partial charge in [0, 0.05) is 16.9 Å². The van der Waals surface area contributed by atoms with Gasteiger partial charge in [-0.25, -0.2) is 4.98 Å². The van der Waals surface area contributed by atoms with Crippen molar-refractivity contribution in [3.63, 3.8) is 0 Å². The van der Waals surface area contributed by atoms with Crippen molar-refractivity contribution >= 4 is 23.8 Å². The number of rotatable bonds is 6. The summed E-state index contributed by atoms with van der Waals surface area (Å²) in [5, 5.41) is 49.1. The minimum absolute atomic E-state index is 0.123. The Morgan fingerprint density at radius 1 is 1.04 bits per heavy atom. The van der Waals surface area contributed by atoms with Crippen LogP contribution < -0.4 is 0 Å². The summed E-state index contributed by atoms with van der Waals surface area (Å²) >= 11 is 11.0. The van der Waals surface area contributed by atoms with Gasteiger partial charge in [-0.1, -0.05) is 11.6 Å². The van der Waals surface area contributed by atoms with Crippen molar-refractivity contribution in [1.82, 2.24) is 9.55 Å². The van der Waals surface area contributed by atoms with Gasteiger partial charge >= 0.3 is 0 Å². The molecule has 0 aliphatic carbocycles. The fraction of sp³-hybridized carbons (Fsp3) is 0.333. The van der Waals surface area contributed by atoms with E-state index in [1.54, 1.807) is 24.3 Å². The van der Waals surface area contributed by atoms with E-state index in [1.165, 1.54) is 16.8 Å². The lowest BCUT2D eigenvalue weighted by Crippen LogP contribution is -2.43. The Labute approximate surface area is 148 Å². The van der Waals surface area contributed by atoms with Gasteiger partial charge < -0.3 is 25.5 Å². The summed E-state index contributed by atoms with van der Waals surface area (Å²) in [6.07, 6.45) is -5.31. The highest BCUT2D eigenvalue weighted by Crippen LogP contribution is 2.24. The van der Waals surface area contributed by atoms with Crippen molar-refractivity contribution in [2.24, 2.45) is 0 Å². The van der Waals surface area contributed by atoms with Crippen LogP contribution in [0.2, 0.25) is 5.02 Å². The van der Waals surface area contributed by atoms with Gasteiger partial charge in [-0.15, -0.1) is 0 Å². The van der Waals surface area contributed by atoms with Crippen LogP contribution in [-0.4, -0.2) is 60.0 Å². The standard InChI is InChI=1S/C15H17ClN2O5S/c16-8-1-3-9(4-2-8)18-10(5-6-17-15(18)24)12(21)14(23)13(22)11(20)7-19/h1-6,11-14,19-23H,7H2/t11-,12?,13+,14+/m1/s1. The van der Waals surface area contributed by atoms with Gasteiger partial charge in [-0.05, 0) is 42.5 Å². The molecular formula is C15H17ClN2O5S. The van der Waals surface area contributed by atoms with Gasteiger partial charge in [0.25, 0.3) is 0 Å². The SMILES string of the molecule is OC[C@@H](O)[C@H](O)[C@@H](O)C(O)c1ccnc(=S)n1-c1ccc(Cl)cc1. The zero-order valence-electron chi connectivity index (χ0n) is 12.4. The van der Waals surface area contributed by atoms with E-state index in [4.69, 9.17) is 28.9 Å². The smallest absolute Gasteiger partial charge is 0.204 e. The zero-order chi connectivity index (χ0) is 17.9. The van der Waals surface area contributed by atoms with Gasteiger partial charge in [0.05, 0.1) is 12.3 Å². The lowest BCUT2D eigenvalue weighted by atomic mass is 10.0. The molecule has 2 rings (SSSR count). The van der Waals surface area contributed by atoms with Crippen LogP contribution in [0, 0.1) is 4.77 Å². The summed E-state index contributed by atoms with van der Waals surface area (Å²) in [4.78, 5) is 3.98. The Kier molecular flexibility index (Phi) is 6.41.